The van der Waals surface area contributed by atoms with Gasteiger partial charge in [0.05, 0.1) is 18.6 Å². The fourth-order valence-corrected chi connectivity index (χ4v) is 4.05. The SMILES string of the molecule is Cc1ccc(C(=O)CSc2nnc(-c3ccco3)n2Cc2ccccc2)c(C)c1. The van der Waals surface area contributed by atoms with Crippen LogP contribution in [-0.2, 0) is 6.54 Å². The Morgan fingerprint density at radius 2 is 1.86 bits per heavy atom. The van der Waals surface area contributed by atoms with Crippen molar-refractivity contribution in [1.29, 1.82) is 0 Å². The van der Waals surface area contributed by atoms with Crippen molar-refractivity contribution >= 4 is 17.5 Å². The van der Waals surface area contributed by atoms with Crippen LogP contribution in [0, 0.1) is 13.8 Å². The van der Waals surface area contributed by atoms with Gasteiger partial charge in [0.1, 0.15) is 0 Å². The first-order chi connectivity index (χ1) is 14.1. The van der Waals surface area contributed by atoms with Crippen LogP contribution < -0.4 is 0 Å². The third kappa shape index (κ3) is 4.32. The van der Waals surface area contributed by atoms with Crippen LogP contribution in [-0.4, -0.2) is 26.3 Å². The summed E-state index contributed by atoms with van der Waals surface area (Å²) in [7, 11) is 0. The lowest BCUT2D eigenvalue weighted by molar-refractivity contribution is 0.102. The molecule has 4 rings (SSSR count). The van der Waals surface area contributed by atoms with Crippen molar-refractivity contribution in [2.45, 2.75) is 25.5 Å². The molecular weight excluding hydrogens is 382 g/mol. The third-order valence-electron chi connectivity index (χ3n) is 4.66. The topological polar surface area (TPSA) is 60.9 Å². The summed E-state index contributed by atoms with van der Waals surface area (Å²) in [4.78, 5) is 12.8. The Labute approximate surface area is 173 Å². The standard InChI is InChI=1S/C23H21N3O2S/c1-16-10-11-19(17(2)13-16)20(27)15-29-23-25-24-22(21-9-6-12-28-21)26(23)14-18-7-4-3-5-8-18/h3-13H,14-15H2,1-2H3. The molecule has 0 aliphatic heterocycles. The van der Waals surface area contributed by atoms with Gasteiger partial charge >= 0.3 is 0 Å². The van der Waals surface area contributed by atoms with E-state index >= 15 is 0 Å². The number of hydrogen-bond acceptors (Lipinski definition) is 5. The summed E-state index contributed by atoms with van der Waals surface area (Å²) in [6.07, 6.45) is 1.62. The van der Waals surface area contributed by atoms with Crippen LogP contribution in [0.15, 0.2) is 76.5 Å². The number of hydrogen-bond donors (Lipinski definition) is 0. The molecule has 2 aromatic heterocycles. The molecule has 146 valence electrons. The molecular formula is C23H21N3O2S. The van der Waals surface area contributed by atoms with Crippen molar-refractivity contribution in [2.75, 3.05) is 5.75 Å². The molecule has 0 spiro atoms. The molecule has 6 heteroatoms. The fourth-order valence-electron chi connectivity index (χ4n) is 3.23. The predicted octanol–water partition coefficient (Wildman–Crippen LogP) is 5.18. The number of carbonyl (C=O) groups excluding carboxylic acids is 1. The van der Waals surface area contributed by atoms with E-state index in [1.165, 1.54) is 11.8 Å². The summed E-state index contributed by atoms with van der Waals surface area (Å²) in [6, 6.07) is 19.7. The zero-order chi connectivity index (χ0) is 20.2. The van der Waals surface area contributed by atoms with Crippen LogP contribution in [0.5, 0.6) is 0 Å². The van der Waals surface area contributed by atoms with Crippen LogP contribution >= 0.6 is 11.8 Å². The smallest absolute Gasteiger partial charge is 0.200 e. The highest BCUT2D eigenvalue weighted by Crippen LogP contribution is 2.26. The van der Waals surface area contributed by atoms with Gasteiger partial charge < -0.3 is 4.42 Å². The second-order valence-electron chi connectivity index (χ2n) is 6.89. The number of furan rings is 1. The van der Waals surface area contributed by atoms with Crippen LogP contribution in [0.1, 0.15) is 27.0 Å². The number of Topliss-reactive ketones (excluding diaryl/α,β-unsaturated/α-hetero) is 1. The second-order valence-corrected chi connectivity index (χ2v) is 7.83. The Bertz CT molecular complexity index is 1120. The van der Waals surface area contributed by atoms with Crippen LogP contribution in [0.25, 0.3) is 11.6 Å². The zero-order valence-electron chi connectivity index (χ0n) is 16.3. The number of carbonyl (C=O) groups is 1. The first kappa shape index (κ1) is 19.2. The average molecular weight is 404 g/mol. The van der Waals surface area contributed by atoms with Crippen molar-refractivity contribution in [3.05, 3.63) is 89.2 Å². The van der Waals surface area contributed by atoms with Crippen LogP contribution in [0.3, 0.4) is 0 Å². The monoisotopic (exact) mass is 403 g/mol. The van der Waals surface area contributed by atoms with E-state index in [0.29, 0.717) is 29.0 Å². The average Bonchev–Trinajstić information content (AvgIpc) is 3.37. The second kappa shape index (κ2) is 8.49. The highest BCUT2D eigenvalue weighted by molar-refractivity contribution is 7.99. The number of aromatic nitrogens is 3. The van der Waals surface area contributed by atoms with Gasteiger partial charge in [-0.3, -0.25) is 9.36 Å². The van der Waals surface area contributed by atoms with Crippen molar-refractivity contribution < 1.29 is 9.21 Å². The van der Waals surface area contributed by atoms with Gasteiger partial charge in [0.15, 0.2) is 16.7 Å². The summed E-state index contributed by atoms with van der Waals surface area (Å²) in [6.45, 7) is 4.60. The van der Waals surface area contributed by atoms with Gasteiger partial charge in [-0.05, 0) is 37.1 Å². The first-order valence-corrected chi connectivity index (χ1v) is 10.3. The third-order valence-corrected chi connectivity index (χ3v) is 5.62. The molecule has 0 bridgehead atoms. The Kier molecular flexibility index (Phi) is 5.62. The highest BCUT2D eigenvalue weighted by Gasteiger charge is 2.18. The lowest BCUT2D eigenvalue weighted by Crippen LogP contribution is -2.08. The summed E-state index contributed by atoms with van der Waals surface area (Å²) in [5.74, 6) is 1.69. The molecule has 0 saturated heterocycles. The normalized spacial score (nSPS) is 11.0. The number of benzene rings is 2. The van der Waals surface area contributed by atoms with Gasteiger partial charge in [-0.15, -0.1) is 10.2 Å². The zero-order valence-corrected chi connectivity index (χ0v) is 17.1. The summed E-state index contributed by atoms with van der Waals surface area (Å²) in [5.41, 5.74) is 4.03. The van der Waals surface area contributed by atoms with Gasteiger partial charge in [-0.25, -0.2) is 0 Å². The van der Waals surface area contributed by atoms with E-state index in [1.807, 2.05) is 66.9 Å². The molecule has 5 nitrogen and oxygen atoms in total. The number of aryl methyl sites for hydroxylation is 2. The van der Waals surface area contributed by atoms with Crippen molar-refractivity contribution in [2.24, 2.45) is 0 Å². The van der Waals surface area contributed by atoms with E-state index < -0.39 is 0 Å². The van der Waals surface area contributed by atoms with Gasteiger partial charge in [0.25, 0.3) is 0 Å². The minimum atomic E-state index is 0.0845. The molecule has 0 atom stereocenters. The molecule has 0 unspecified atom stereocenters. The van der Waals surface area contributed by atoms with Crippen LogP contribution in [0.2, 0.25) is 0 Å². The Balaban J connectivity index is 1.59. The van der Waals surface area contributed by atoms with Crippen LogP contribution in [0.4, 0.5) is 0 Å². The molecule has 0 fully saturated rings. The molecule has 0 radical (unpaired) electrons. The maximum absolute atomic E-state index is 12.8. The number of rotatable bonds is 7. The summed E-state index contributed by atoms with van der Waals surface area (Å²) in [5, 5.41) is 9.35. The van der Waals surface area contributed by atoms with Crippen molar-refractivity contribution in [3.63, 3.8) is 0 Å². The molecule has 0 saturated carbocycles. The Morgan fingerprint density at radius 3 is 2.59 bits per heavy atom. The molecule has 2 aromatic carbocycles. The molecule has 0 aliphatic carbocycles. The van der Waals surface area contributed by atoms with Gasteiger partial charge in [-0.2, -0.15) is 0 Å². The van der Waals surface area contributed by atoms with Gasteiger partial charge in [0.2, 0.25) is 5.82 Å². The minimum absolute atomic E-state index is 0.0845. The largest absolute Gasteiger partial charge is 0.461 e. The van der Waals surface area contributed by atoms with E-state index in [4.69, 9.17) is 4.42 Å². The van der Waals surface area contributed by atoms with Crippen molar-refractivity contribution in [1.82, 2.24) is 14.8 Å². The highest BCUT2D eigenvalue weighted by atomic mass is 32.2. The number of ketones is 1. The van der Waals surface area contributed by atoms with Gasteiger partial charge in [0, 0.05) is 5.56 Å². The van der Waals surface area contributed by atoms with Gasteiger partial charge in [-0.1, -0.05) is 65.9 Å². The maximum atomic E-state index is 12.8. The van der Waals surface area contributed by atoms with E-state index in [0.717, 1.165) is 22.3 Å². The predicted molar refractivity (Wildman–Crippen MR) is 114 cm³/mol. The Morgan fingerprint density at radius 1 is 1.03 bits per heavy atom. The van der Waals surface area contributed by atoms with E-state index in [2.05, 4.69) is 22.3 Å². The lowest BCUT2D eigenvalue weighted by Gasteiger charge is -2.10. The summed E-state index contributed by atoms with van der Waals surface area (Å²) < 4.78 is 7.53. The molecule has 29 heavy (non-hydrogen) atoms. The van der Waals surface area contributed by atoms with E-state index in [1.54, 1.807) is 6.26 Å². The first-order valence-electron chi connectivity index (χ1n) is 9.36. The summed E-state index contributed by atoms with van der Waals surface area (Å²) >= 11 is 1.40. The molecule has 4 aromatic rings. The minimum Gasteiger partial charge on any atom is -0.461 e. The number of nitrogens with zero attached hydrogens (tertiary/aromatic N) is 3. The lowest BCUT2D eigenvalue weighted by atomic mass is 10.0. The van der Waals surface area contributed by atoms with E-state index in [-0.39, 0.29) is 5.78 Å². The Hall–Kier alpha value is -3.12. The molecule has 0 aliphatic rings. The molecule has 0 N–H and O–H groups in total. The molecule has 2 heterocycles. The number of thioether (sulfide) groups is 1. The molecule has 0 amide bonds. The fraction of sp³-hybridized carbons (Fsp3) is 0.174. The quantitative estimate of drug-likeness (QED) is 0.314. The van der Waals surface area contributed by atoms with E-state index in [9.17, 15) is 4.79 Å². The maximum Gasteiger partial charge on any atom is 0.200 e. The van der Waals surface area contributed by atoms with Crippen molar-refractivity contribution in [3.8, 4) is 11.6 Å².